The highest BCUT2D eigenvalue weighted by molar-refractivity contribution is 9.10. The summed E-state index contributed by atoms with van der Waals surface area (Å²) in [4.78, 5) is 23.3. The Balaban J connectivity index is 2.22. The van der Waals surface area contributed by atoms with E-state index in [0.29, 0.717) is 5.69 Å². The molecule has 0 saturated carbocycles. The minimum absolute atomic E-state index is 0.212. The Kier molecular flexibility index (Phi) is 3.65. The zero-order chi connectivity index (χ0) is 12.3. The van der Waals surface area contributed by atoms with E-state index in [0.717, 1.165) is 4.47 Å². The fourth-order valence-corrected chi connectivity index (χ4v) is 1.59. The minimum atomic E-state index is -0.389. The number of carbonyl (C=O) groups excluding carboxylic acids is 1. The predicted octanol–water partition coefficient (Wildman–Crippen LogP) is 2.54. The van der Waals surface area contributed by atoms with Crippen LogP contribution in [0.4, 0.5) is 5.69 Å². The number of pyridine rings is 1. The van der Waals surface area contributed by atoms with Crippen LogP contribution in [-0.2, 0) is 0 Å². The molecule has 2 aromatic heterocycles. The Morgan fingerprint density at radius 2 is 2.12 bits per heavy atom. The van der Waals surface area contributed by atoms with Crippen LogP contribution in [0, 0.1) is 0 Å². The molecule has 0 aliphatic carbocycles. The summed E-state index contributed by atoms with van der Waals surface area (Å²) in [6, 6.07) is 1.66. The van der Waals surface area contributed by atoms with E-state index in [4.69, 9.17) is 11.6 Å². The summed E-state index contributed by atoms with van der Waals surface area (Å²) >= 11 is 9.09. The molecule has 17 heavy (non-hydrogen) atoms. The van der Waals surface area contributed by atoms with Gasteiger partial charge in [-0.25, -0.2) is 9.97 Å². The Hall–Kier alpha value is -1.53. The molecule has 0 fully saturated rings. The zero-order valence-electron chi connectivity index (χ0n) is 8.39. The largest absolute Gasteiger partial charge is 0.318 e. The van der Waals surface area contributed by atoms with Gasteiger partial charge in [0.25, 0.3) is 5.91 Å². The average Bonchev–Trinajstić information content (AvgIpc) is 2.35. The fraction of sp³-hybridized carbons (Fsp3) is 0. The fourth-order valence-electron chi connectivity index (χ4n) is 1.11. The van der Waals surface area contributed by atoms with Crippen LogP contribution in [0.1, 0.15) is 10.5 Å². The summed E-state index contributed by atoms with van der Waals surface area (Å²) in [7, 11) is 0. The molecule has 0 aromatic carbocycles. The molecular weight excluding hydrogens is 307 g/mol. The molecule has 5 nitrogen and oxygen atoms in total. The van der Waals surface area contributed by atoms with E-state index < -0.39 is 0 Å². The third-order valence-corrected chi connectivity index (χ3v) is 2.58. The molecule has 0 aliphatic rings. The van der Waals surface area contributed by atoms with E-state index in [1.807, 2.05) is 0 Å². The Morgan fingerprint density at radius 3 is 2.82 bits per heavy atom. The lowest BCUT2D eigenvalue weighted by molar-refractivity contribution is 0.102. The van der Waals surface area contributed by atoms with Crippen molar-refractivity contribution in [2.75, 3.05) is 5.32 Å². The first-order valence-corrected chi connectivity index (χ1v) is 5.72. The molecule has 2 rings (SSSR count). The van der Waals surface area contributed by atoms with Crippen molar-refractivity contribution in [2.24, 2.45) is 0 Å². The zero-order valence-corrected chi connectivity index (χ0v) is 10.7. The third-order valence-electron chi connectivity index (χ3n) is 1.85. The van der Waals surface area contributed by atoms with Gasteiger partial charge in [0.2, 0.25) is 0 Å². The number of anilines is 1. The minimum Gasteiger partial charge on any atom is -0.318 e. The number of nitrogens with one attached hydrogen (secondary N) is 1. The van der Waals surface area contributed by atoms with E-state index in [1.165, 1.54) is 18.6 Å². The number of carbonyl (C=O) groups is 1. The van der Waals surface area contributed by atoms with Crippen molar-refractivity contribution in [2.45, 2.75) is 0 Å². The second-order valence-electron chi connectivity index (χ2n) is 3.04. The maximum absolute atomic E-state index is 11.8. The maximum atomic E-state index is 11.8. The first-order chi connectivity index (χ1) is 8.16. The summed E-state index contributed by atoms with van der Waals surface area (Å²) in [6.45, 7) is 0. The number of hydrogen-bond donors (Lipinski definition) is 1. The second kappa shape index (κ2) is 5.20. The van der Waals surface area contributed by atoms with Gasteiger partial charge in [-0.1, -0.05) is 11.6 Å². The summed E-state index contributed by atoms with van der Waals surface area (Å²) in [5, 5.41) is 2.81. The lowest BCUT2D eigenvalue weighted by Gasteiger charge is -2.05. The lowest BCUT2D eigenvalue weighted by Crippen LogP contribution is -2.14. The molecule has 1 N–H and O–H groups in total. The van der Waals surface area contributed by atoms with Crippen molar-refractivity contribution in [1.82, 2.24) is 15.0 Å². The van der Waals surface area contributed by atoms with Gasteiger partial charge in [0.05, 0.1) is 11.9 Å². The molecule has 0 unspecified atom stereocenters. The van der Waals surface area contributed by atoms with Crippen LogP contribution in [0.2, 0.25) is 5.15 Å². The summed E-state index contributed by atoms with van der Waals surface area (Å²) in [5.41, 5.74) is 0.625. The van der Waals surface area contributed by atoms with Crippen molar-refractivity contribution < 1.29 is 4.79 Å². The Labute approximate surface area is 110 Å². The van der Waals surface area contributed by atoms with E-state index >= 15 is 0 Å². The average molecular weight is 314 g/mol. The number of nitrogens with zero attached hydrogens (tertiary/aromatic N) is 3. The molecule has 0 atom stereocenters. The first-order valence-electron chi connectivity index (χ1n) is 4.55. The quantitative estimate of drug-likeness (QED) is 0.865. The van der Waals surface area contributed by atoms with Crippen LogP contribution in [0.5, 0.6) is 0 Å². The van der Waals surface area contributed by atoms with Gasteiger partial charge < -0.3 is 5.32 Å². The predicted molar refractivity (Wildman–Crippen MR) is 66.9 cm³/mol. The van der Waals surface area contributed by atoms with Gasteiger partial charge >= 0.3 is 0 Å². The van der Waals surface area contributed by atoms with Crippen LogP contribution in [-0.4, -0.2) is 20.9 Å². The van der Waals surface area contributed by atoms with Gasteiger partial charge in [-0.3, -0.25) is 9.78 Å². The monoisotopic (exact) mass is 312 g/mol. The van der Waals surface area contributed by atoms with Gasteiger partial charge in [0, 0.05) is 23.1 Å². The van der Waals surface area contributed by atoms with Gasteiger partial charge in [0.15, 0.2) is 5.15 Å². The highest BCUT2D eigenvalue weighted by Gasteiger charge is 2.10. The van der Waals surface area contributed by atoms with Crippen molar-refractivity contribution in [1.29, 1.82) is 0 Å². The van der Waals surface area contributed by atoms with Crippen LogP contribution < -0.4 is 5.32 Å². The molecule has 1 amide bonds. The van der Waals surface area contributed by atoms with E-state index in [9.17, 15) is 4.79 Å². The SMILES string of the molecule is O=C(Nc1cc(Br)cnc1Cl)c1cnccn1. The number of hydrogen-bond acceptors (Lipinski definition) is 4. The molecule has 0 saturated heterocycles. The topological polar surface area (TPSA) is 67.8 Å². The Morgan fingerprint density at radius 1 is 1.29 bits per heavy atom. The van der Waals surface area contributed by atoms with Crippen LogP contribution in [0.15, 0.2) is 35.3 Å². The highest BCUT2D eigenvalue weighted by atomic mass is 79.9. The summed E-state index contributed by atoms with van der Waals surface area (Å²) in [5.74, 6) is -0.389. The number of halogens is 2. The van der Waals surface area contributed by atoms with E-state index in [-0.39, 0.29) is 16.8 Å². The summed E-state index contributed by atoms with van der Waals surface area (Å²) in [6.07, 6.45) is 5.84. The first kappa shape index (κ1) is 11.9. The van der Waals surface area contributed by atoms with E-state index in [1.54, 1.807) is 12.3 Å². The molecule has 0 spiro atoms. The van der Waals surface area contributed by atoms with Crippen LogP contribution in [0.25, 0.3) is 0 Å². The number of rotatable bonds is 2. The van der Waals surface area contributed by atoms with Crippen molar-refractivity contribution >= 4 is 39.1 Å². The molecule has 2 aromatic rings. The smallest absolute Gasteiger partial charge is 0.275 e. The van der Waals surface area contributed by atoms with Crippen molar-refractivity contribution in [3.05, 3.63) is 46.2 Å². The molecule has 7 heteroatoms. The molecule has 2 heterocycles. The van der Waals surface area contributed by atoms with Gasteiger partial charge in [-0.05, 0) is 22.0 Å². The highest BCUT2D eigenvalue weighted by Crippen LogP contribution is 2.23. The molecular formula is C10H6BrClN4O. The third kappa shape index (κ3) is 2.98. The molecule has 0 radical (unpaired) electrons. The van der Waals surface area contributed by atoms with Gasteiger partial charge in [-0.2, -0.15) is 0 Å². The maximum Gasteiger partial charge on any atom is 0.275 e. The lowest BCUT2D eigenvalue weighted by atomic mass is 10.3. The second-order valence-corrected chi connectivity index (χ2v) is 4.31. The van der Waals surface area contributed by atoms with Crippen molar-refractivity contribution in [3.8, 4) is 0 Å². The number of aromatic nitrogens is 3. The van der Waals surface area contributed by atoms with E-state index in [2.05, 4.69) is 36.2 Å². The summed E-state index contributed by atoms with van der Waals surface area (Å²) < 4.78 is 0.719. The normalized spacial score (nSPS) is 10.0. The van der Waals surface area contributed by atoms with Crippen LogP contribution in [0.3, 0.4) is 0 Å². The standard InChI is InChI=1S/C10H6BrClN4O/c11-6-3-7(9(12)15-4-6)16-10(17)8-5-13-1-2-14-8/h1-5H,(H,16,17). The van der Waals surface area contributed by atoms with Crippen molar-refractivity contribution in [3.63, 3.8) is 0 Å². The van der Waals surface area contributed by atoms with Crippen LogP contribution >= 0.6 is 27.5 Å². The molecule has 0 bridgehead atoms. The van der Waals surface area contributed by atoms with Gasteiger partial charge in [0.1, 0.15) is 5.69 Å². The Bertz CT molecular complexity index is 549. The van der Waals surface area contributed by atoms with Gasteiger partial charge in [-0.15, -0.1) is 0 Å². The molecule has 0 aliphatic heterocycles. The number of amides is 1. The molecule has 86 valence electrons.